The second-order valence-electron chi connectivity index (χ2n) is 5.52. The number of carbonyl (C=O) groups excluding carboxylic acids is 2. The van der Waals surface area contributed by atoms with Gasteiger partial charge in [0.25, 0.3) is 0 Å². The van der Waals surface area contributed by atoms with Gasteiger partial charge in [0.15, 0.2) is 0 Å². The SMILES string of the molecule is COc1ccc(C)cc1NC(=O)CC(=O)Nc1ccccc1C(F)(F)F. The van der Waals surface area contributed by atoms with E-state index in [4.69, 9.17) is 4.74 Å². The number of amides is 2. The predicted molar refractivity (Wildman–Crippen MR) is 91.1 cm³/mol. The fourth-order valence-electron chi connectivity index (χ4n) is 2.29. The number of hydrogen-bond acceptors (Lipinski definition) is 3. The number of methoxy groups -OCH3 is 1. The molecule has 2 rings (SSSR count). The Bertz CT molecular complexity index is 820. The lowest BCUT2D eigenvalue weighted by Crippen LogP contribution is -2.23. The molecule has 5 nitrogen and oxygen atoms in total. The van der Waals surface area contributed by atoms with E-state index in [2.05, 4.69) is 10.6 Å². The summed E-state index contributed by atoms with van der Waals surface area (Å²) in [6, 6.07) is 9.67. The van der Waals surface area contributed by atoms with Crippen LogP contribution in [0.2, 0.25) is 0 Å². The summed E-state index contributed by atoms with van der Waals surface area (Å²) in [7, 11) is 1.43. The topological polar surface area (TPSA) is 67.4 Å². The molecule has 2 aromatic rings. The van der Waals surface area contributed by atoms with Crippen molar-refractivity contribution < 1.29 is 27.5 Å². The Kier molecular flexibility index (Phi) is 5.86. The summed E-state index contributed by atoms with van der Waals surface area (Å²) in [6.45, 7) is 1.82. The highest BCUT2D eigenvalue weighted by molar-refractivity contribution is 6.08. The van der Waals surface area contributed by atoms with Gasteiger partial charge in [0.1, 0.15) is 12.2 Å². The van der Waals surface area contributed by atoms with Gasteiger partial charge in [-0.3, -0.25) is 9.59 Å². The molecule has 0 saturated heterocycles. The summed E-state index contributed by atoms with van der Waals surface area (Å²) in [4.78, 5) is 24.0. The molecule has 0 aliphatic heterocycles. The summed E-state index contributed by atoms with van der Waals surface area (Å²) in [6.07, 6.45) is -5.25. The van der Waals surface area contributed by atoms with Crippen LogP contribution in [0.3, 0.4) is 0 Å². The highest BCUT2D eigenvalue weighted by Gasteiger charge is 2.33. The van der Waals surface area contributed by atoms with Crippen LogP contribution in [0, 0.1) is 6.92 Å². The molecule has 0 aliphatic carbocycles. The number of anilines is 2. The van der Waals surface area contributed by atoms with Crippen molar-refractivity contribution >= 4 is 23.2 Å². The van der Waals surface area contributed by atoms with Gasteiger partial charge in [-0.2, -0.15) is 13.2 Å². The summed E-state index contributed by atoms with van der Waals surface area (Å²) in [5, 5.41) is 4.64. The first-order chi connectivity index (χ1) is 12.2. The van der Waals surface area contributed by atoms with Crippen molar-refractivity contribution in [1.29, 1.82) is 0 Å². The molecule has 0 aliphatic rings. The van der Waals surface area contributed by atoms with E-state index < -0.39 is 35.7 Å². The van der Waals surface area contributed by atoms with Gasteiger partial charge >= 0.3 is 6.18 Å². The van der Waals surface area contributed by atoms with Crippen molar-refractivity contribution in [3.05, 3.63) is 53.6 Å². The number of para-hydroxylation sites is 1. The third-order valence-corrected chi connectivity index (χ3v) is 3.46. The van der Waals surface area contributed by atoms with Crippen molar-refractivity contribution in [1.82, 2.24) is 0 Å². The van der Waals surface area contributed by atoms with E-state index in [0.29, 0.717) is 11.4 Å². The Morgan fingerprint density at radius 1 is 1.00 bits per heavy atom. The average Bonchev–Trinajstić information content (AvgIpc) is 2.54. The minimum absolute atomic E-state index is 0.376. The number of aryl methyl sites for hydroxylation is 1. The molecule has 2 amide bonds. The van der Waals surface area contributed by atoms with Crippen LogP contribution in [0.25, 0.3) is 0 Å². The second kappa shape index (κ2) is 7.90. The molecule has 138 valence electrons. The van der Waals surface area contributed by atoms with Gasteiger partial charge in [0, 0.05) is 0 Å². The van der Waals surface area contributed by atoms with Crippen LogP contribution in [0.15, 0.2) is 42.5 Å². The molecule has 0 atom stereocenters. The second-order valence-corrected chi connectivity index (χ2v) is 5.52. The Balaban J connectivity index is 2.05. The normalized spacial score (nSPS) is 11.0. The zero-order chi connectivity index (χ0) is 19.3. The first-order valence-corrected chi connectivity index (χ1v) is 7.61. The van der Waals surface area contributed by atoms with Crippen LogP contribution in [0.5, 0.6) is 5.75 Å². The quantitative estimate of drug-likeness (QED) is 0.787. The number of hydrogen-bond donors (Lipinski definition) is 2. The number of benzene rings is 2. The maximum atomic E-state index is 12.9. The number of rotatable bonds is 5. The van der Waals surface area contributed by atoms with Gasteiger partial charge in [0.05, 0.1) is 24.0 Å². The standard InChI is InChI=1S/C18H17F3N2O3/c1-11-7-8-15(26-2)14(9-11)23-17(25)10-16(24)22-13-6-4-3-5-12(13)18(19,20)21/h3-9H,10H2,1-2H3,(H,22,24)(H,23,25). The van der Waals surface area contributed by atoms with Crippen molar-refractivity contribution in [2.24, 2.45) is 0 Å². The molecule has 0 saturated carbocycles. The van der Waals surface area contributed by atoms with Gasteiger partial charge in [-0.25, -0.2) is 0 Å². The maximum Gasteiger partial charge on any atom is 0.418 e. The Labute approximate surface area is 148 Å². The molecule has 2 N–H and O–H groups in total. The number of ether oxygens (including phenoxy) is 1. The lowest BCUT2D eigenvalue weighted by atomic mass is 10.1. The van der Waals surface area contributed by atoms with Gasteiger partial charge < -0.3 is 15.4 Å². The van der Waals surface area contributed by atoms with E-state index in [1.807, 2.05) is 6.92 Å². The van der Waals surface area contributed by atoms with Crippen LogP contribution in [0.1, 0.15) is 17.5 Å². The smallest absolute Gasteiger partial charge is 0.418 e. The molecule has 8 heteroatoms. The molecule has 2 aromatic carbocycles. The first-order valence-electron chi connectivity index (χ1n) is 7.61. The molecule has 26 heavy (non-hydrogen) atoms. The van der Waals surface area contributed by atoms with Gasteiger partial charge in [-0.15, -0.1) is 0 Å². The number of alkyl halides is 3. The lowest BCUT2D eigenvalue weighted by molar-refractivity contribution is -0.137. The van der Waals surface area contributed by atoms with E-state index in [9.17, 15) is 22.8 Å². The minimum Gasteiger partial charge on any atom is -0.495 e. The van der Waals surface area contributed by atoms with E-state index in [1.54, 1.807) is 18.2 Å². The van der Waals surface area contributed by atoms with Crippen molar-refractivity contribution in [3.8, 4) is 5.75 Å². The minimum atomic E-state index is -4.61. The molecule has 0 aromatic heterocycles. The molecular formula is C18H17F3N2O3. The van der Waals surface area contributed by atoms with Crippen LogP contribution < -0.4 is 15.4 Å². The predicted octanol–water partition coefficient (Wildman–Crippen LogP) is 3.99. The summed E-state index contributed by atoms with van der Waals surface area (Å²) < 4.78 is 43.9. The van der Waals surface area contributed by atoms with Crippen molar-refractivity contribution in [2.75, 3.05) is 17.7 Å². The summed E-state index contributed by atoms with van der Waals surface area (Å²) >= 11 is 0. The molecule has 0 unspecified atom stereocenters. The molecule has 0 bridgehead atoms. The van der Waals surface area contributed by atoms with Crippen LogP contribution in [0.4, 0.5) is 24.5 Å². The zero-order valence-corrected chi connectivity index (χ0v) is 14.1. The largest absolute Gasteiger partial charge is 0.495 e. The number of nitrogens with one attached hydrogen (secondary N) is 2. The Morgan fingerprint density at radius 2 is 1.62 bits per heavy atom. The van der Waals surface area contributed by atoms with Gasteiger partial charge in [-0.05, 0) is 36.8 Å². The lowest BCUT2D eigenvalue weighted by Gasteiger charge is -2.14. The molecule has 0 spiro atoms. The third-order valence-electron chi connectivity index (χ3n) is 3.46. The average molecular weight is 366 g/mol. The Morgan fingerprint density at radius 3 is 2.23 bits per heavy atom. The first kappa shape index (κ1) is 19.3. The molecule has 0 heterocycles. The van der Waals surface area contributed by atoms with Crippen molar-refractivity contribution in [2.45, 2.75) is 19.5 Å². The number of carbonyl (C=O) groups is 2. The van der Waals surface area contributed by atoms with Gasteiger partial charge in [-0.1, -0.05) is 18.2 Å². The van der Waals surface area contributed by atoms with E-state index in [1.165, 1.54) is 19.2 Å². The summed E-state index contributed by atoms with van der Waals surface area (Å²) in [5.74, 6) is -1.12. The fraction of sp³-hybridized carbons (Fsp3) is 0.222. The van der Waals surface area contributed by atoms with E-state index in [0.717, 1.165) is 17.7 Å². The van der Waals surface area contributed by atoms with Crippen LogP contribution >= 0.6 is 0 Å². The van der Waals surface area contributed by atoms with Crippen LogP contribution in [-0.2, 0) is 15.8 Å². The highest BCUT2D eigenvalue weighted by Crippen LogP contribution is 2.34. The third kappa shape index (κ3) is 4.98. The highest BCUT2D eigenvalue weighted by atomic mass is 19.4. The zero-order valence-electron chi connectivity index (χ0n) is 14.1. The van der Waals surface area contributed by atoms with Gasteiger partial charge in [0.2, 0.25) is 11.8 Å². The van der Waals surface area contributed by atoms with Crippen LogP contribution in [-0.4, -0.2) is 18.9 Å². The van der Waals surface area contributed by atoms with E-state index in [-0.39, 0.29) is 0 Å². The molecule has 0 fully saturated rings. The number of halogens is 3. The molecule has 0 radical (unpaired) electrons. The van der Waals surface area contributed by atoms with E-state index >= 15 is 0 Å². The molecular weight excluding hydrogens is 349 g/mol. The Hall–Kier alpha value is -3.03. The fourth-order valence-corrected chi connectivity index (χ4v) is 2.29. The maximum absolute atomic E-state index is 12.9. The monoisotopic (exact) mass is 366 g/mol. The van der Waals surface area contributed by atoms with Crippen molar-refractivity contribution in [3.63, 3.8) is 0 Å². The summed E-state index contributed by atoms with van der Waals surface area (Å²) in [5.41, 5.74) is -0.134.